The van der Waals surface area contributed by atoms with Crippen LogP contribution in [-0.2, 0) is 23.1 Å². The third-order valence-corrected chi connectivity index (χ3v) is 7.56. The second kappa shape index (κ2) is 10.1. The monoisotopic (exact) mass is 451 g/mol. The third-order valence-electron chi connectivity index (χ3n) is 5.51. The van der Waals surface area contributed by atoms with Crippen LogP contribution in [0.5, 0.6) is 0 Å². The van der Waals surface area contributed by atoms with Crippen LogP contribution in [0.4, 0.5) is 0 Å². The Morgan fingerprint density at radius 1 is 0.969 bits per heavy atom. The predicted octanol–water partition coefficient (Wildman–Crippen LogP) is 4.26. The number of carbonyl (C=O) groups excluding carboxylic acids is 1. The second-order valence-electron chi connectivity index (χ2n) is 8.09. The van der Waals surface area contributed by atoms with Gasteiger partial charge in [-0.1, -0.05) is 30.3 Å². The van der Waals surface area contributed by atoms with Gasteiger partial charge in [0.25, 0.3) is 5.91 Å². The van der Waals surface area contributed by atoms with E-state index in [9.17, 15) is 13.2 Å². The Bertz CT molecular complexity index is 1160. The lowest BCUT2D eigenvalue weighted by molar-refractivity contribution is 0.0729. The molecule has 1 heterocycles. The van der Waals surface area contributed by atoms with E-state index in [1.54, 1.807) is 36.5 Å². The Morgan fingerprint density at radius 2 is 1.66 bits per heavy atom. The van der Waals surface area contributed by atoms with Gasteiger partial charge in [-0.15, -0.1) is 0 Å². The minimum absolute atomic E-state index is 0.162. The lowest BCUT2D eigenvalue weighted by Crippen LogP contribution is -2.33. The van der Waals surface area contributed by atoms with Gasteiger partial charge in [-0.05, 0) is 67.8 Å². The van der Waals surface area contributed by atoms with Crippen LogP contribution in [0.15, 0.2) is 78.0 Å². The molecule has 0 aliphatic carbocycles. The molecule has 0 spiro atoms. The minimum Gasteiger partial charge on any atom is -0.330 e. The lowest BCUT2D eigenvalue weighted by Gasteiger charge is -2.24. The maximum Gasteiger partial charge on any atom is 0.254 e. The van der Waals surface area contributed by atoms with Crippen LogP contribution in [0, 0.1) is 6.92 Å². The summed E-state index contributed by atoms with van der Waals surface area (Å²) in [5, 5.41) is 0. The fraction of sp³-hybridized carbons (Fsp3) is 0.280. The van der Waals surface area contributed by atoms with Crippen molar-refractivity contribution >= 4 is 15.9 Å². The maximum atomic E-state index is 13.4. The van der Waals surface area contributed by atoms with E-state index in [-0.39, 0.29) is 16.8 Å². The average molecular weight is 452 g/mol. The first-order valence-corrected chi connectivity index (χ1v) is 11.9. The van der Waals surface area contributed by atoms with Crippen molar-refractivity contribution in [3.05, 3.63) is 95.3 Å². The summed E-state index contributed by atoms with van der Waals surface area (Å²) in [6.45, 7) is 6.50. The zero-order valence-corrected chi connectivity index (χ0v) is 19.7. The van der Waals surface area contributed by atoms with E-state index in [4.69, 9.17) is 0 Å². The molecule has 0 saturated carbocycles. The molecule has 0 fully saturated rings. The molecular weight excluding hydrogens is 422 g/mol. The summed E-state index contributed by atoms with van der Waals surface area (Å²) >= 11 is 0. The molecule has 0 aliphatic heterocycles. The van der Waals surface area contributed by atoms with Crippen molar-refractivity contribution in [2.24, 2.45) is 0 Å². The summed E-state index contributed by atoms with van der Waals surface area (Å²) in [6, 6.07) is 17.7. The molecule has 0 aliphatic rings. The van der Waals surface area contributed by atoms with Crippen molar-refractivity contribution in [3.8, 4) is 0 Å². The molecule has 0 radical (unpaired) electrons. The Labute approximate surface area is 190 Å². The molecule has 32 heavy (non-hydrogen) atoms. The number of benzene rings is 2. The van der Waals surface area contributed by atoms with Crippen molar-refractivity contribution in [2.45, 2.75) is 44.8 Å². The first-order chi connectivity index (χ1) is 15.2. The first-order valence-electron chi connectivity index (χ1n) is 10.5. The van der Waals surface area contributed by atoms with Gasteiger partial charge in [0, 0.05) is 44.1 Å². The number of hydrogen-bond acceptors (Lipinski definition) is 4. The number of hydrogen-bond donors (Lipinski definition) is 0. The summed E-state index contributed by atoms with van der Waals surface area (Å²) in [6.07, 6.45) is 3.44. The highest BCUT2D eigenvalue weighted by Crippen LogP contribution is 2.20. The highest BCUT2D eigenvalue weighted by Gasteiger charge is 2.24. The molecule has 3 aromatic rings. The summed E-state index contributed by atoms with van der Waals surface area (Å²) in [5.41, 5.74) is 3.53. The van der Waals surface area contributed by atoms with Gasteiger partial charge in [-0.2, -0.15) is 4.31 Å². The molecular formula is C25H29N3O3S. The van der Waals surface area contributed by atoms with Gasteiger partial charge in [0.05, 0.1) is 4.90 Å². The molecule has 168 valence electrons. The number of aryl methyl sites for hydroxylation is 1. The highest BCUT2D eigenvalue weighted by atomic mass is 32.2. The molecule has 3 rings (SSSR count). The number of nitrogens with zero attached hydrogens (tertiary/aromatic N) is 3. The van der Waals surface area contributed by atoms with Gasteiger partial charge in [-0.3, -0.25) is 9.78 Å². The molecule has 2 aromatic carbocycles. The molecule has 0 bridgehead atoms. The number of amides is 1. The predicted molar refractivity (Wildman–Crippen MR) is 126 cm³/mol. The van der Waals surface area contributed by atoms with Crippen molar-refractivity contribution in [2.75, 3.05) is 7.05 Å². The molecule has 0 unspecified atom stereocenters. The lowest BCUT2D eigenvalue weighted by atomic mass is 10.1. The number of aromatic nitrogens is 1. The number of pyridine rings is 1. The van der Waals surface area contributed by atoms with E-state index in [2.05, 4.69) is 4.98 Å². The number of carbonyl (C=O) groups is 1. The fourth-order valence-electron chi connectivity index (χ4n) is 3.30. The van der Waals surface area contributed by atoms with Crippen LogP contribution < -0.4 is 0 Å². The molecule has 7 heteroatoms. The van der Waals surface area contributed by atoms with Crippen molar-refractivity contribution in [1.29, 1.82) is 0 Å². The molecule has 0 N–H and O–H groups in total. The molecule has 0 atom stereocenters. The van der Waals surface area contributed by atoms with Gasteiger partial charge >= 0.3 is 0 Å². The van der Waals surface area contributed by atoms with Gasteiger partial charge in [0.1, 0.15) is 0 Å². The Balaban J connectivity index is 1.89. The average Bonchev–Trinajstić information content (AvgIpc) is 2.79. The van der Waals surface area contributed by atoms with Crippen LogP contribution in [0.3, 0.4) is 0 Å². The van der Waals surface area contributed by atoms with Crippen LogP contribution >= 0.6 is 0 Å². The van der Waals surface area contributed by atoms with E-state index >= 15 is 0 Å². The molecule has 1 aromatic heterocycles. The van der Waals surface area contributed by atoms with E-state index in [1.807, 2.05) is 57.2 Å². The highest BCUT2D eigenvalue weighted by molar-refractivity contribution is 7.89. The molecule has 6 nitrogen and oxygen atoms in total. The van der Waals surface area contributed by atoms with Gasteiger partial charge in [0.2, 0.25) is 10.0 Å². The number of sulfonamides is 1. The maximum absolute atomic E-state index is 13.4. The third kappa shape index (κ3) is 5.41. The second-order valence-corrected chi connectivity index (χ2v) is 10.1. The van der Waals surface area contributed by atoms with E-state index in [1.165, 1.54) is 16.4 Å². The zero-order valence-electron chi connectivity index (χ0n) is 18.9. The summed E-state index contributed by atoms with van der Waals surface area (Å²) in [4.78, 5) is 19.5. The van der Waals surface area contributed by atoms with Gasteiger partial charge in [-0.25, -0.2) is 8.42 Å². The van der Waals surface area contributed by atoms with Crippen molar-refractivity contribution in [3.63, 3.8) is 0 Å². The van der Waals surface area contributed by atoms with Crippen molar-refractivity contribution < 1.29 is 13.2 Å². The van der Waals surface area contributed by atoms with Crippen LogP contribution in [0.2, 0.25) is 0 Å². The van der Waals surface area contributed by atoms with E-state index < -0.39 is 10.0 Å². The SMILES string of the molecule is Cc1ccccc1CN(Cc1cccnc1)C(=O)c1ccc(S(=O)(=O)N(C)C(C)C)cc1. The van der Waals surface area contributed by atoms with Crippen LogP contribution in [0.1, 0.15) is 40.9 Å². The molecule has 0 saturated heterocycles. The van der Waals surface area contributed by atoms with Crippen LogP contribution in [0.25, 0.3) is 0 Å². The largest absolute Gasteiger partial charge is 0.330 e. The minimum atomic E-state index is -3.60. The Morgan fingerprint density at radius 3 is 2.25 bits per heavy atom. The topological polar surface area (TPSA) is 70.6 Å². The smallest absolute Gasteiger partial charge is 0.254 e. The van der Waals surface area contributed by atoms with E-state index in [0.717, 1.165) is 16.7 Å². The Kier molecular flexibility index (Phi) is 7.43. The van der Waals surface area contributed by atoms with Gasteiger partial charge < -0.3 is 4.90 Å². The van der Waals surface area contributed by atoms with Crippen LogP contribution in [-0.4, -0.2) is 41.6 Å². The zero-order chi connectivity index (χ0) is 23.3. The quantitative estimate of drug-likeness (QED) is 0.513. The summed E-state index contributed by atoms with van der Waals surface area (Å²) in [7, 11) is -2.05. The standard InChI is InChI=1S/C25H29N3O3S/c1-19(2)27(4)32(30,31)24-13-11-22(12-14-24)25(29)28(17-21-9-7-15-26-16-21)18-23-10-6-5-8-20(23)3/h5-16,19H,17-18H2,1-4H3. The Hall–Kier alpha value is -3.03. The van der Waals surface area contributed by atoms with Gasteiger partial charge in [0.15, 0.2) is 0 Å². The molecule has 1 amide bonds. The number of rotatable bonds is 8. The summed E-state index contributed by atoms with van der Waals surface area (Å²) in [5.74, 6) is -0.168. The van der Waals surface area contributed by atoms with Crippen molar-refractivity contribution in [1.82, 2.24) is 14.2 Å². The fourth-order valence-corrected chi connectivity index (χ4v) is 4.67. The first kappa shape index (κ1) is 23.6. The summed E-state index contributed by atoms with van der Waals surface area (Å²) < 4.78 is 26.8. The van der Waals surface area contributed by atoms with E-state index in [0.29, 0.717) is 18.7 Å². The normalized spacial score (nSPS) is 11.7.